The molecule has 3 unspecified atom stereocenters. The Morgan fingerprint density at radius 3 is 2.80 bits per heavy atom. The third-order valence-electron chi connectivity index (χ3n) is 11.0. The van der Waals surface area contributed by atoms with E-state index in [0.717, 1.165) is 48.3 Å². The predicted octanol–water partition coefficient (Wildman–Crippen LogP) is 7.26. The van der Waals surface area contributed by atoms with Crippen molar-refractivity contribution in [3.63, 3.8) is 0 Å². The number of hydrogen-bond acceptors (Lipinski definition) is 7. The SMILES string of the molecule is CC1C[C@@]23C(C[C@@H](OCc4c(C5CCCC5(C)C)noc4C4CC4)C[C@H]12)N3c1nc2c(F)cc(C(=O)O)cc2s1. The summed E-state index contributed by atoms with van der Waals surface area (Å²) in [5.41, 5.74) is 2.90. The molecule has 2 aromatic heterocycles. The Morgan fingerprint density at radius 2 is 2.10 bits per heavy atom. The van der Waals surface area contributed by atoms with Gasteiger partial charge in [0.2, 0.25) is 0 Å². The second-order valence-electron chi connectivity index (χ2n) is 13.8. The highest BCUT2D eigenvalue weighted by Crippen LogP contribution is 2.68. The Labute approximate surface area is 237 Å². The van der Waals surface area contributed by atoms with E-state index in [-0.39, 0.29) is 28.1 Å². The molecule has 1 aromatic carbocycles. The Bertz CT molecular complexity index is 1530. The maximum atomic E-state index is 14.7. The van der Waals surface area contributed by atoms with Crippen LogP contribution in [-0.2, 0) is 11.3 Å². The van der Waals surface area contributed by atoms with Crippen molar-refractivity contribution in [2.75, 3.05) is 4.90 Å². The number of carboxylic acids is 1. The summed E-state index contributed by atoms with van der Waals surface area (Å²) in [6.07, 6.45) is 9.18. The van der Waals surface area contributed by atoms with E-state index >= 15 is 0 Å². The van der Waals surface area contributed by atoms with E-state index in [1.54, 1.807) is 6.07 Å². The van der Waals surface area contributed by atoms with E-state index in [1.165, 1.54) is 42.6 Å². The second-order valence-corrected chi connectivity index (χ2v) is 14.8. The van der Waals surface area contributed by atoms with E-state index in [1.807, 2.05) is 0 Å². The van der Waals surface area contributed by atoms with Gasteiger partial charge in [0.1, 0.15) is 11.3 Å². The summed E-state index contributed by atoms with van der Waals surface area (Å²) in [6.45, 7) is 7.61. The molecule has 5 aliphatic rings. The molecule has 3 heterocycles. The number of aromatic carboxylic acids is 1. The van der Waals surface area contributed by atoms with Crippen molar-refractivity contribution in [1.29, 1.82) is 0 Å². The number of carbonyl (C=O) groups is 1. The number of benzene rings is 1. The van der Waals surface area contributed by atoms with Crippen LogP contribution in [0.2, 0.25) is 0 Å². The van der Waals surface area contributed by atoms with E-state index in [9.17, 15) is 14.3 Å². The van der Waals surface area contributed by atoms with Crippen molar-refractivity contribution in [1.82, 2.24) is 10.1 Å². The molecular formula is C31H36FN3O4S. The van der Waals surface area contributed by atoms with E-state index in [0.29, 0.717) is 41.0 Å². The molecule has 5 fully saturated rings. The predicted molar refractivity (Wildman–Crippen MR) is 149 cm³/mol. The Balaban J connectivity index is 1.04. The molecule has 3 aromatic rings. The molecule has 6 atom stereocenters. The molecule has 40 heavy (non-hydrogen) atoms. The summed E-state index contributed by atoms with van der Waals surface area (Å²) in [4.78, 5) is 18.5. The fourth-order valence-electron chi connectivity index (χ4n) is 8.69. The number of hydrogen-bond donors (Lipinski definition) is 1. The quantitative estimate of drug-likeness (QED) is 0.302. The first-order chi connectivity index (χ1) is 19.2. The van der Waals surface area contributed by atoms with Gasteiger partial charge in [0.05, 0.1) is 40.2 Å². The van der Waals surface area contributed by atoms with Crippen molar-refractivity contribution in [2.24, 2.45) is 17.3 Å². The Hall–Kier alpha value is -2.52. The molecule has 1 saturated heterocycles. The van der Waals surface area contributed by atoms with Gasteiger partial charge < -0.3 is 19.3 Å². The van der Waals surface area contributed by atoms with Gasteiger partial charge in [-0.1, -0.05) is 43.7 Å². The zero-order valence-electron chi connectivity index (χ0n) is 23.3. The Morgan fingerprint density at radius 1 is 1.27 bits per heavy atom. The maximum absolute atomic E-state index is 14.7. The van der Waals surface area contributed by atoms with E-state index in [2.05, 4.69) is 35.8 Å². The van der Waals surface area contributed by atoms with Crippen molar-refractivity contribution in [3.05, 3.63) is 40.5 Å². The standard InChI is InChI=1S/C31H36FN3O4S/c1-15-13-31-21(15)11-18(12-24(31)35(31)29-33-26-22(32)9-17(28(36)37)10-23(26)40-29)38-14-19-25(20-5-4-8-30(20,2)3)34-39-27(19)16-6-7-16/h9-10,15-16,18,20-21,24H,4-8,11-14H2,1-3H3,(H,36,37)/t15?,18-,20?,21+,24?,31-,35?/m0/s1. The Kier molecular flexibility index (Phi) is 5.36. The van der Waals surface area contributed by atoms with Crippen LogP contribution >= 0.6 is 11.3 Å². The normalized spacial score (nSPS) is 34.0. The summed E-state index contributed by atoms with van der Waals surface area (Å²) in [7, 11) is 0. The fourth-order valence-corrected chi connectivity index (χ4v) is 9.85. The molecule has 0 radical (unpaired) electrons. The fraction of sp³-hybridized carbons (Fsp3) is 0.645. The largest absolute Gasteiger partial charge is 0.478 e. The average molecular weight is 566 g/mol. The van der Waals surface area contributed by atoms with Crippen molar-refractivity contribution < 1.29 is 23.6 Å². The minimum Gasteiger partial charge on any atom is -0.478 e. The summed E-state index contributed by atoms with van der Waals surface area (Å²) in [5.74, 6) is 1.41. The number of nitrogens with zero attached hydrogens (tertiary/aromatic N) is 3. The van der Waals surface area contributed by atoms with Crippen molar-refractivity contribution in [3.8, 4) is 0 Å². The lowest BCUT2D eigenvalue weighted by atomic mass is 9.58. The lowest BCUT2D eigenvalue weighted by Gasteiger charge is -2.48. The highest BCUT2D eigenvalue weighted by atomic mass is 32.1. The molecule has 1 spiro atoms. The van der Waals surface area contributed by atoms with Gasteiger partial charge in [-0.05, 0) is 74.3 Å². The number of carboxylic acid groups (broad SMARTS) is 1. The van der Waals surface area contributed by atoms with Crippen LogP contribution in [0.3, 0.4) is 0 Å². The smallest absolute Gasteiger partial charge is 0.335 e. The van der Waals surface area contributed by atoms with Gasteiger partial charge in [0.15, 0.2) is 10.9 Å². The topological polar surface area (TPSA) is 88.5 Å². The number of thiazole rings is 1. The van der Waals surface area contributed by atoms with Crippen LogP contribution in [0.5, 0.6) is 0 Å². The third kappa shape index (κ3) is 3.58. The minimum atomic E-state index is -1.13. The molecule has 8 rings (SSSR count). The highest BCUT2D eigenvalue weighted by molar-refractivity contribution is 7.22. The molecule has 4 aliphatic carbocycles. The summed E-state index contributed by atoms with van der Waals surface area (Å²) >= 11 is 1.41. The van der Waals surface area contributed by atoms with Gasteiger partial charge in [-0.15, -0.1) is 0 Å². The third-order valence-corrected chi connectivity index (χ3v) is 12.0. The number of aromatic nitrogens is 2. The molecule has 0 amide bonds. The minimum absolute atomic E-state index is 0.0372. The van der Waals surface area contributed by atoms with Crippen LogP contribution in [0.4, 0.5) is 9.52 Å². The molecule has 7 nitrogen and oxygen atoms in total. The number of ether oxygens (including phenoxy) is 1. The molecule has 0 bridgehead atoms. The highest BCUT2D eigenvalue weighted by Gasteiger charge is 2.76. The van der Waals surface area contributed by atoms with E-state index in [4.69, 9.17) is 9.26 Å². The molecule has 4 saturated carbocycles. The van der Waals surface area contributed by atoms with Crippen LogP contribution in [0.1, 0.15) is 111 Å². The maximum Gasteiger partial charge on any atom is 0.335 e. The number of fused-ring (bicyclic) bond motifs is 1. The molecule has 1 aliphatic heterocycles. The lowest BCUT2D eigenvalue weighted by molar-refractivity contribution is -0.0358. The van der Waals surface area contributed by atoms with Crippen molar-refractivity contribution >= 4 is 32.7 Å². The lowest BCUT2D eigenvalue weighted by Crippen LogP contribution is -2.51. The summed E-state index contributed by atoms with van der Waals surface area (Å²) in [6, 6.07) is 2.94. The van der Waals surface area contributed by atoms with Crippen LogP contribution < -0.4 is 4.90 Å². The molecular weight excluding hydrogens is 529 g/mol. The second kappa shape index (κ2) is 8.51. The summed E-state index contributed by atoms with van der Waals surface area (Å²) in [5, 5.41) is 14.8. The van der Waals surface area contributed by atoms with Crippen LogP contribution in [0.25, 0.3) is 10.2 Å². The van der Waals surface area contributed by atoms with Gasteiger partial charge in [0, 0.05) is 17.4 Å². The average Bonchev–Trinajstić information content (AvgIpc) is 3.70. The van der Waals surface area contributed by atoms with Crippen LogP contribution in [-0.4, -0.2) is 38.9 Å². The molecule has 212 valence electrons. The van der Waals surface area contributed by atoms with Crippen molar-refractivity contribution in [2.45, 2.75) is 108 Å². The van der Waals surface area contributed by atoms with Gasteiger partial charge in [0.25, 0.3) is 0 Å². The number of anilines is 1. The first kappa shape index (κ1) is 25.2. The van der Waals surface area contributed by atoms with Gasteiger partial charge in [-0.3, -0.25) is 0 Å². The van der Waals surface area contributed by atoms with Gasteiger partial charge in [-0.25, -0.2) is 14.2 Å². The summed E-state index contributed by atoms with van der Waals surface area (Å²) < 4.78 is 28.1. The first-order valence-corrected chi connectivity index (χ1v) is 15.7. The molecule has 1 N–H and O–H groups in total. The first-order valence-electron chi connectivity index (χ1n) is 14.9. The number of halogens is 1. The van der Waals surface area contributed by atoms with Gasteiger partial charge in [-0.2, -0.15) is 0 Å². The van der Waals surface area contributed by atoms with E-state index < -0.39 is 11.8 Å². The van der Waals surface area contributed by atoms with Gasteiger partial charge >= 0.3 is 5.97 Å². The zero-order valence-corrected chi connectivity index (χ0v) is 24.1. The zero-order chi connectivity index (χ0) is 27.6. The van der Waals surface area contributed by atoms with Crippen LogP contribution in [0.15, 0.2) is 16.7 Å². The van der Waals surface area contributed by atoms with Crippen LogP contribution in [0, 0.1) is 23.1 Å². The monoisotopic (exact) mass is 565 g/mol. The number of rotatable bonds is 7. The molecule has 9 heteroatoms.